The summed E-state index contributed by atoms with van der Waals surface area (Å²) in [5, 5.41) is 3.47. The van der Waals surface area contributed by atoms with Crippen LogP contribution < -0.4 is 10.2 Å². The summed E-state index contributed by atoms with van der Waals surface area (Å²) in [6, 6.07) is 17.5. The highest BCUT2D eigenvalue weighted by molar-refractivity contribution is 5.97. The van der Waals surface area contributed by atoms with Crippen LogP contribution in [-0.2, 0) is 24.2 Å². The fraction of sp³-hybridized carbons (Fsp3) is 0.435. The normalized spacial score (nSPS) is 17.6. The topological polar surface area (TPSA) is 40.1 Å². The molecule has 0 aromatic heterocycles. The number of morpholine rings is 1. The zero-order chi connectivity index (χ0) is 19.2. The Morgan fingerprint density at radius 2 is 1.86 bits per heavy atom. The fourth-order valence-corrected chi connectivity index (χ4v) is 3.96. The zero-order valence-corrected chi connectivity index (χ0v) is 16.7. The number of aliphatic imine (C=N–C) groups is 1. The number of hydrogen-bond donors (Lipinski definition) is 1. The van der Waals surface area contributed by atoms with Crippen molar-refractivity contribution in [3.63, 3.8) is 0 Å². The van der Waals surface area contributed by atoms with E-state index in [1.54, 1.807) is 0 Å². The average molecular weight is 379 g/mol. The van der Waals surface area contributed by atoms with Gasteiger partial charge in [0.1, 0.15) is 0 Å². The standard InChI is InChI=1S/C23H30N4O/c1-2-24-23(27-11-10-21-8-3-4-9-22(21)27)25-17-19-6-5-7-20(16-19)18-26-12-14-28-15-13-26/h3-9,16H,2,10-15,17-18H2,1H3,(H,24,25). The molecular weight excluding hydrogens is 348 g/mol. The van der Waals surface area contributed by atoms with Crippen LogP contribution in [0, 0.1) is 0 Å². The Morgan fingerprint density at radius 1 is 1.04 bits per heavy atom. The number of guanidine groups is 1. The molecule has 5 nitrogen and oxygen atoms in total. The molecule has 2 heterocycles. The maximum atomic E-state index is 5.45. The van der Waals surface area contributed by atoms with Crippen molar-refractivity contribution in [3.8, 4) is 0 Å². The third-order valence-corrected chi connectivity index (χ3v) is 5.39. The molecule has 2 aliphatic rings. The Balaban J connectivity index is 1.46. The number of nitrogens with one attached hydrogen (secondary N) is 1. The molecule has 1 fully saturated rings. The van der Waals surface area contributed by atoms with E-state index in [1.165, 1.54) is 22.4 Å². The summed E-state index contributed by atoms with van der Waals surface area (Å²) in [6.07, 6.45) is 1.08. The molecule has 28 heavy (non-hydrogen) atoms. The van der Waals surface area contributed by atoms with Crippen LogP contribution in [0.4, 0.5) is 5.69 Å². The van der Waals surface area contributed by atoms with Crippen LogP contribution in [-0.4, -0.2) is 50.3 Å². The molecule has 2 aliphatic heterocycles. The van der Waals surface area contributed by atoms with Gasteiger partial charge in [-0.1, -0.05) is 42.5 Å². The monoisotopic (exact) mass is 378 g/mol. The van der Waals surface area contributed by atoms with E-state index in [4.69, 9.17) is 9.73 Å². The minimum Gasteiger partial charge on any atom is -0.379 e. The lowest BCUT2D eigenvalue weighted by Crippen LogP contribution is -2.40. The van der Waals surface area contributed by atoms with Gasteiger partial charge < -0.3 is 15.0 Å². The Labute approximate surface area is 168 Å². The van der Waals surface area contributed by atoms with E-state index in [-0.39, 0.29) is 0 Å². The van der Waals surface area contributed by atoms with Gasteiger partial charge in [0.25, 0.3) is 0 Å². The Kier molecular flexibility index (Phi) is 6.24. The SMILES string of the molecule is CCNC(=NCc1cccc(CN2CCOCC2)c1)N1CCc2ccccc21. The molecule has 0 atom stereocenters. The largest absolute Gasteiger partial charge is 0.379 e. The number of hydrogen-bond acceptors (Lipinski definition) is 3. The van der Waals surface area contributed by atoms with Crippen LogP contribution in [0.15, 0.2) is 53.5 Å². The van der Waals surface area contributed by atoms with Crippen molar-refractivity contribution in [2.75, 3.05) is 44.3 Å². The molecule has 0 saturated carbocycles. The van der Waals surface area contributed by atoms with Crippen LogP contribution in [0.2, 0.25) is 0 Å². The number of nitrogens with zero attached hydrogens (tertiary/aromatic N) is 3. The highest BCUT2D eigenvalue weighted by Gasteiger charge is 2.22. The summed E-state index contributed by atoms with van der Waals surface area (Å²) in [5.74, 6) is 0.978. The second kappa shape index (κ2) is 9.22. The van der Waals surface area contributed by atoms with Gasteiger partial charge in [-0.2, -0.15) is 0 Å². The van der Waals surface area contributed by atoms with Gasteiger partial charge in [-0.15, -0.1) is 0 Å². The van der Waals surface area contributed by atoms with Crippen molar-refractivity contribution in [1.82, 2.24) is 10.2 Å². The molecule has 5 heteroatoms. The van der Waals surface area contributed by atoms with Crippen molar-refractivity contribution >= 4 is 11.6 Å². The van der Waals surface area contributed by atoms with Crippen LogP contribution in [0.5, 0.6) is 0 Å². The lowest BCUT2D eigenvalue weighted by molar-refractivity contribution is 0.0342. The number of ether oxygens (including phenoxy) is 1. The van der Waals surface area contributed by atoms with E-state index in [1.807, 2.05) is 0 Å². The van der Waals surface area contributed by atoms with Crippen molar-refractivity contribution in [2.45, 2.75) is 26.4 Å². The van der Waals surface area contributed by atoms with E-state index in [2.05, 4.69) is 70.6 Å². The molecule has 4 rings (SSSR count). The van der Waals surface area contributed by atoms with Gasteiger partial charge in [-0.3, -0.25) is 4.90 Å². The summed E-state index contributed by atoms with van der Waals surface area (Å²) in [7, 11) is 0. The molecule has 148 valence electrons. The zero-order valence-electron chi connectivity index (χ0n) is 16.7. The predicted molar refractivity (Wildman–Crippen MR) is 115 cm³/mol. The number of rotatable bonds is 5. The maximum absolute atomic E-state index is 5.45. The van der Waals surface area contributed by atoms with Gasteiger partial charge in [0, 0.05) is 38.4 Å². The average Bonchev–Trinajstić information content (AvgIpc) is 3.16. The van der Waals surface area contributed by atoms with Crippen molar-refractivity contribution in [2.24, 2.45) is 4.99 Å². The lowest BCUT2D eigenvalue weighted by Gasteiger charge is -2.26. The second-order valence-corrected chi connectivity index (χ2v) is 7.41. The summed E-state index contributed by atoms with van der Waals surface area (Å²) >= 11 is 0. The number of anilines is 1. The highest BCUT2D eigenvalue weighted by atomic mass is 16.5. The van der Waals surface area contributed by atoms with Crippen molar-refractivity contribution < 1.29 is 4.74 Å². The van der Waals surface area contributed by atoms with E-state index in [0.29, 0.717) is 6.54 Å². The molecule has 0 spiro atoms. The first kappa shape index (κ1) is 19.0. The van der Waals surface area contributed by atoms with E-state index < -0.39 is 0 Å². The minimum absolute atomic E-state index is 0.692. The Morgan fingerprint density at radius 3 is 2.71 bits per heavy atom. The summed E-state index contributed by atoms with van der Waals surface area (Å²) in [4.78, 5) is 9.72. The van der Waals surface area contributed by atoms with Gasteiger partial charge in [0.2, 0.25) is 0 Å². The van der Waals surface area contributed by atoms with Gasteiger partial charge in [-0.25, -0.2) is 4.99 Å². The van der Waals surface area contributed by atoms with Crippen LogP contribution in [0.1, 0.15) is 23.6 Å². The smallest absolute Gasteiger partial charge is 0.198 e. The van der Waals surface area contributed by atoms with Gasteiger partial charge >= 0.3 is 0 Å². The third-order valence-electron chi connectivity index (χ3n) is 5.39. The molecule has 1 saturated heterocycles. The van der Waals surface area contributed by atoms with Gasteiger partial charge in [0.05, 0.1) is 19.8 Å². The van der Waals surface area contributed by atoms with Crippen molar-refractivity contribution in [3.05, 3.63) is 65.2 Å². The summed E-state index contributed by atoms with van der Waals surface area (Å²) < 4.78 is 5.45. The molecule has 0 unspecified atom stereocenters. The molecule has 0 aliphatic carbocycles. The minimum atomic E-state index is 0.692. The number of benzene rings is 2. The molecule has 2 aromatic carbocycles. The van der Waals surface area contributed by atoms with Crippen molar-refractivity contribution in [1.29, 1.82) is 0 Å². The van der Waals surface area contributed by atoms with Crippen LogP contribution in [0.25, 0.3) is 0 Å². The maximum Gasteiger partial charge on any atom is 0.198 e. The lowest BCUT2D eigenvalue weighted by atomic mass is 10.1. The number of fused-ring (bicyclic) bond motifs is 1. The van der Waals surface area contributed by atoms with Crippen LogP contribution >= 0.6 is 0 Å². The Hall–Kier alpha value is -2.37. The second-order valence-electron chi connectivity index (χ2n) is 7.41. The van der Waals surface area contributed by atoms with E-state index in [9.17, 15) is 0 Å². The van der Waals surface area contributed by atoms with Gasteiger partial charge in [0.15, 0.2) is 5.96 Å². The number of para-hydroxylation sites is 1. The van der Waals surface area contributed by atoms with E-state index >= 15 is 0 Å². The Bertz CT molecular complexity index is 814. The quantitative estimate of drug-likeness (QED) is 0.641. The molecule has 0 radical (unpaired) electrons. The third kappa shape index (κ3) is 4.54. The molecule has 1 N–H and O–H groups in total. The molecular formula is C23H30N4O. The first-order valence-electron chi connectivity index (χ1n) is 10.3. The highest BCUT2D eigenvalue weighted by Crippen LogP contribution is 2.27. The fourth-order valence-electron chi connectivity index (χ4n) is 3.96. The first-order valence-corrected chi connectivity index (χ1v) is 10.3. The van der Waals surface area contributed by atoms with Crippen LogP contribution in [0.3, 0.4) is 0 Å². The predicted octanol–water partition coefficient (Wildman–Crippen LogP) is 3.05. The molecule has 0 amide bonds. The van der Waals surface area contributed by atoms with E-state index in [0.717, 1.165) is 58.3 Å². The molecule has 2 aromatic rings. The summed E-state index contributed by atoms with van der Waals surface area (Å²) in [5.41, 5.74) is 5.30. The first-order chi connectivity index (χ1) is 13.8. The van der Waals surface area contributed by atoms with Gasteiger partial charge in [-0.05, 0) is 36.1 Å². The summed E-state index contributed by atoms with van der Waals surface area (Å²) in [6.45, 7) is 9.37. The molecule has 0 bridgehead atoms.